The summed E-state index contributed by atoms with van der Waals surface area (Å²) in [6.45, 7) is 6.20. The van der Waals surface area contributed by atoms with Gasteiger partial charge >= 0.3 is 0 Å². The Kier molecular flexibility index (Phi) is 3.39. The molecule has 0 aliphatic heterocycles. The summed E-state index contributed by atoms with van der Waals surface area (Å²) in [6, 6.07) is 3.62. The normalized spacial score (nSPS) is 21.1. The molecule has 2 aliphatic carbocycles. The van der Waals surface area contributed by atoms with E-state index in [2.05, 4.69) is 25.8 Å². The molecule has 1 aromatic carbocycles. The molecule has 1 fully saturated rings. The minimum Gasteiger partial charge on any atom is -0.439 e. The first-order valence-corrected chi connectivity index (χ1v) is 9.38. The van der Waals surface area contributed by atoms with Crippen LogP contribution in [0.4, 0.5) is 8.78 Å². The number of hydrogen-bond acceptors (Lipinski definition) is 3. The maximum Gasteiger partial charge on any atom is 0.247 e. The van der Waals surface area contributed by atoms with E-state index in [1.165, 1.54) is 12.1 Å². The molecule has 1 saturated carbocycles. The first kappa shape index (κ1) is 16.7. The lowest BCUT2D eigenvalue weighted by Crippen LogP contribution is -2.09. The third-order valence-electron chi connectivity index (χ3n) is 5.77. The Morgan fingerprint density at radius 3 is 2.63 bits per heavy atom. The van der Waals surface area contributed by atoms with Crippen LogP contribution in [0, 0.1) is 11.6 Å². The number of nitrogens with zero attached hydrogens (tertiary/aromatic N) is 3. The van der Waals surface area contributed by atoms with Crippen molar-refractivity contribution < 1.29 is 13.2 Å². The van der Waals surface area contributed by atoms with E-state index in [0.29, 0.717) is 23.4 Å². The molecule has 0 radical (unpaired) electrons. The molecule has 2 bridgehead atoms. The van der Waals surface area contributed by atoms with E-state index in [1.54, 1.807) is 10.9 Å². The molecule has 0 amide bonds. The highest BCUT2D eigenvalue weighted by Gasteiger charge is 2.44. The summed E-state index contributed by atoms with van der Waals surface area (Å²) in [5, 5.41) is 4.70. The third kappa shape index (κ3) is 2.46. The number of aromatic nitrogens is 3. The molecule has 4 nitrogen and oxygen atoms in total. The Balaban J connectivity index is 1.70. The van der Waals surface area contributed by atoms with Gasteiger partial charge in [0, 0.05) is 23.0 Å². The molecule has 2 atom stereocenters. The van der Waals surface area contributed by atoms with Crippen LogP contribution in [0.2, 0.25) is 0 Å². The first-order valence-electron chi connectivity index (χ1n) is 9.38. The first-order chi connectivity index (χ1) is 12.8. The van der Waals surface area contributed by atoms with E-state index in [1.807, 2.05) is 0 Å². The van der Waals surface area contributed by atoms with E-state index in [0.717, 1.165) is 42.3 Å². The maximum atomic E-state index is 14.5. The molecule has 27 heavy (non-hydrogen) atoms. The van der Waals surface area contributed by atoms with Crippen LogP contribution in [0.15, 0.2) is 28.8 Å². The quantitative estimate of drug-likeness (QED) is 0.602. The highest BCUT2D eigenvalue weighted by atomic mass is 19.1. The fraction of sp³-hybridized carbons (Fsp3) is 0.429. The summed E-state index contributed by atoms with van der Waals surface area (Å²) < 4.78 is 35.5. The second kappa shape index (κ2) is 5.50. The van der Waals surface area contributed by atoms with E-state index in [-0.39, 0.29) is 11.1 Å². The minimum absolute atomic E-state index is 0.154. The molecule has 2 heterocycles. The number of rotatable bonds is 2. The van der Waals surface area contributed by atoms with Crippen LogP contribution in [0.3, 0.4) is 0 Å². The van der Waals surface area contributed by atoms with Crippen LogP contribution in [-0.2, 0) is 5.41 Å². The Bertz CT molecular complexity index is 1040. The molecule has 5 rings (SSSR count). The smallest absolute Gasteiger partial charge is 0.247 e. The van der Waals surface area contributed by atoms with Gasteiger partial charge in [-0.25, -0.2) is 18.4 Å². The van der Waals surface area contributed by atoms with Crippen LogP contribution in [-0.4, -0.2) is 14.8 Å². The minimum atomic E-state index is -0.614. The van der Waals surface area contributed by atoms with Gasteiger partial charge in [-0.15, -0.1) is 0 Å². The molecule has 140 valence electrons. The molecule has 0 spiro atoms. The van der Waals surface area contributed by atoms with Gasteiger partial charge in [0.2, 0.25) is 5.89 Å². The highest BCUT2D eigenvalue weighted by Crippen LogP contribution is 2.56. The van der Waals surface area contributed by atoms with Crippen LogP contribution < -0.4 is 0 Å². The van der Waals surface area contributed by atoms with Gasteiger partial charge in [0.25, 0.3) is 0 Å². The molecule has 2 aromatic heterocycles. The maximum absolute atomic E-state index is 14.5. The predicted molar refractivity (Wildman–Crippen MR) is 97.0 cm³/mol. The predicted octanol–water partition coefficient (Wildman–Crippen LogP) is 5.47. The highest BCUT2D eigenvalue weighted by molar-refractivity contribution is 5.62. The second-order valence-electron chi connectivity index (χ2n) is 8.64. The van der Waals surface area contributed by atoms with Gasteiger partial charge in [0.15, 0.2) is 11.5 Å². The zero-order valence-corrected chi connectivity index (χ0v) is 15.6. The third-order valence-corrected chi connectivity index (χ3v) is 5.77. The van der Waals surface area contributed by atoms with Crippen LogP contribution >= 0.6 is 0 Å². The number of halogens is 2. The Labute approximate surface area is 156 Å². The number of fused-ring (bicyclic) bond motifs is 5. The Morgan fingerprint density at radius 2 is 1.93 bits per heavy atom. The summed E-state index contributed by atoms with van der Waals surface area (Å²) in [4.78, 5) is 4.46. The van der Waals surface area contributed by atoms with Crippen molar-refractivity contribution in [3.05, 3.63) is 53.0 Å². The van der Waals surface area contributed by atoms with E-state index in [4.69, 9.17) is 9.52 Å². The summed E-state index contributed by atoms with van der Waals surface area (Å²) in [5.74, 6) is 0.818. The molecule has 0 N–H and O–H groups in total. The lowest BCUT2D eigenvalue weighted by molar-refractivity contribution is 0.414. The van der Waals surface area contributed by atoms with Gasteiger partial charge in [-0.05, 0) is 37.3 Å². The second-order valence-corrected chi connectivity index (χ2v) is 8.64. The van der Waals surface area contributed by atoms with Crippen molar-refractivity contribution in [2.24, 2.45) is 0 Å². The molecular weight excluding hydrogens is 348 g/mol. The number of oxazole rings is 1. The number of benzene rings is 1. The molecule has 2 aliphatic rings. The van der Waals surface area contributed by atoms with Gasteiger partial charge in [0.1, 0.15) is 17.3 Å². The number of hydrogen-bond donors (Lipinski definition) is 0. The van der Waals surface area contributed by atoms with Crippen molar-refractivity contribution in [3.8, 4) is 17.3 Å². The molecular formula is C21H21F2N3O. The van der Waals surface area contributed by atoms with Gasteiger partial charge in [-0.2, -0.15) is 5.10 Å². The average molecular weight is 369 g/mol. The fourth-order valence-corrected chi connectivity index (χ4v) is 4.46. The summed E-state index contributed by atoms with van der Waals surface area (Å²) >= 11 is 0. The molecule has 6 heteroatoms. The van der Waals surface area contributed by atoms with E-state index >= 15 is 0 Å². The summed E-state index contributed by atoms with van der Waals surface area (Å²) in [5.41, 5.74) is 2.96. The van der Waals surface area contributed by atoms with Gasteiger partial charge in [0.05, 0.1) is 11.9 Å². The van der Waals surface area contributed by atoms with Gasteiger partial charge in [-0.3, -0.25) is 0 Å². The fourth-order valence-electron chi connectivity index (χ4n) is 4.46. The SMILES string of the molecule is CC(C)(C)c1cnc(-c2nn(-c3ccc(F)cc3F)c3c2[C@H]2CC[C@H]3C2)o1. The zero-order chi connectivity index (χ0) is 18.9. The molecule has 0 saturated heterocycles. The molecule has 0 unspecified atom stereocenters. The van der Waals surface area contributed by atoms with Crippen LogP contribution in [0.25, 0.3) is 17.3 Å². The topological polar surface area (TPSA) is 43.9 Å². The standard InChI is InChI=1S/C21H21F2N3O/c1-21(2,3)16-10-24-20(27-16)18-17-11-4-5-12(8-11)19(17)26(25-18)15-7-6-13(22)9-14(15)23/h6-7,9-12H,4-5,8H2,1-3H3/t11-,12-/m0/s1. The van der Waals surface area contributed by atoms with Crippen molar-refractivity contribution in [3.63, 3.8) is 0 Å². The van der Waals surface area contributed by atoms with Crippen LogP contribution in [0.5, 0.6) is 0 Å². The van der Waals surface area contributed by atoms with Crippen molar-refractivity contribution in [1.82, 2.24) is 14.8 Å². The van der Waals surface area contributed by atoms with Crippen molar-refractivity contribution >= 4 is 0 Å². The lowest BCUT2D eigenvalue weighted by Gasteiger charge is -2.14. The van der Waals surface area contributed by atoms with E-state index < -0.39 is 11.6 Å². The van der Waals surface area contributed by atoms with Crippen molar-refractivity contribution in [2.75, 3.05) is 0 Å². The van der Waals surface area contributed by atoms with Gasteiger partial charge < -0.3 is 4.42 Å². The van der Waals surface area contributed by atoms with Crippen LogP contribution in [0.1, 0.15) is 68.9 Å². The largest absolute Gasteiger partial charge is 0.439 e. The van der Waals surface area contributed by atoms with Gasteiger partial charge in [-0.1, -0.05) is 20.8 Å². The van der Waals surface area contributed by atoms with Crippen molar-refractivity contribution in [2.45, 2.75) is 57.3 Å². The monoisotopic (exact) mass is 369 g/mol. The van der Waals surface area contributed by atoms with Crippen molar-refractivity contribution in [1.29, 1.82) is 0 Å². The Morgan fingerprint density at radius 1 is 1.15 bits per heavy atom. The summed E-state index contributed by atoms with van der Waals surface area (Å²) in [6.07, 6.45) is 4.97. The average Bonchev–Trinajstić information content (AvgIpc) is 3.35. The zero-order valence-electron chi connectivity index (χ0n) is 15.6. The lowest BCUT2D eigenvalue weighted by atomic mass is 9.94. The molecule has 3 aromatic rings. The summed E-state index contributed by atoms with van der Waals surface area (Å²) in [7, 11) is 0. The van der Waals surface area contributed by atoms with E-state index in [9.17, 15) is 8.78 Å². The Hall–Kier alpha value is -2.50.